The van der Waals surface area contributed by atoms with Gasteiger partial charge in [-0.2, -0.15) is 0 Å². The van der Waals surface area contributed by atoms with Crippen molar-refractivity contribution in [3.63, 3.8) is 0 Å². The van der Waals surface area contributed by atoms with Crippen molar-refractivity contribution >= 4 is 23.5 Å². The Kier molecular flexibility index (Phi) is 9.41. The number of thioether (sulfide) groups is 2. The summed E-state index contributed by atoms with van der Waals surface area (Å²) in [7, 11) is 0. The molecule has 0 unspecified atom stereocenters. The van der Waals surface area contributed by atoms with Crippen LogP contribution in [0.2, 0.25) is 0 Å². The summed E-state index contributed by atoms with van der Waals surface area (Å²) >= 11 is 3.88. The van der Waals surface area contributed by atoms with Gasteiger partial charge >= 0.3 is 0 Å². The minimum Gasteiger partial charge on any atom is -0.378 e. The second-order valence-corrected chi connectivity index (χ2v) is 11.0. The van der Waals surface area contributed by atoms with Crippen LogP contribution in [0.5, 0.6) is 0 Å². The summed E-state index contributed by atoms with van der Waals surface area (Å²) in [5, 5.41) is 12.5. The fourth-order valence-electron chi connectivity index (χ4n) is 4.19. The van der Waals surface area contributed by atoms with E-state index in [1.54, 1.807) is 0 Å². The summed E-state index contributed by atoms with van der Waals surface area (Å²) in [5.74, 6) is 8.89. The minimum absolute atomic E-state index is 0.311. The third kappa shape index (κ3) is 5.71. The molecule has 1 aliphatic rings. The maximum atomic E-state index is 12.5. The first-order valence-corrected chi connectivity index (χ1v) is 13.4. The zero-order chi connectivity index (χ0) is 22.0. The van der Waals surface area contributed by atoms with Crippen LogP contribution < -0.4 is 0 Å². The third-order valence-electron chi connectivity index (χ3n) is 6.02. The largest absolute Gasteiger partial charge is 0.378 e. The number of benzene rings is 2. The average Bonchev–Trinajstić information content (AvgIpc) is 2.85. The van der Waals surface area contributed by atoms with Gasteiger partial charge < -0.3 is 5.11 Å². The van der Waals surface area contributed by atoms with Gasteiger partial charge in [0.05, 0.1) is 10.6 Å². The molecule has 2 aromatic rings. The molecule has 1 heterocycles. The van der Waals surface area contributed by atoms with Crippen molar-refractivity contribution in [3.8, 4) is 11.8 Å². The molecule has 0 aromatic heterocycles. The van der Waals surface area contributed by atoms with Crippen molar-refractivity contribution < 1.29 is 5.11 Å². The first-order chi connectivity index (χ1) is 15.2. The SMILES string of the molecule is CCN(CC)CC#CCCCC1(C(O)(c2ccccc2)c2ccccc2)SCCCS1. The molecule has 3 rings (SSSR count). The number of nitrogens with zero attached hydrogens (tertiary/aromatic N) is 1. The van der Waals surface area contributed by atoms with Crippen LogP contribution in [-0.4, -0.2) is 45.2 Å². The summed E-state index contributed by atoms with van der Waals surface area (Å²) in [6, 6.07) is 20.5. The Hall–Kier alpha value is -1.38. The second-order valence-electron chi connectivity index (χ2n) is 7.91. The summed E-state index contributed by atoms with van der Waals surface area (Å²) in [6.45, 7) is 7.30. The fourth-order valence-corrected chi connectivity index (χ4v) is 7.91. The number of rotatable bonds is 9. The van der Waals surface area contributed by atoms with Crippen LogP contribution in [0.15, 0.2) is 60.7 Å². The maximum Gasteiger partial charge on any atom is 0.138 e. The van der Waals surface area contributed by atoms with E-state index in [9.17, 15) is 5.11 Å². The van der Waals surface area contributed by atoms with Gasteiger partial charge in [0.2, 0.25) is 0 Å². The number of unbranched alkanes of at least 4 members (excludes halogenated alkanes) is 1. The molecule has 0 atom stereocenters. The zero-order valence-electron chi connectivity index (χ0n) is 18.8. The van der Waals surface area contributed by atoms with Crippen LogP contribution in [-0.2, 0) is 5.60 Å². The number of hydrogen-bond acceptors (Lipinski definition) is 4. The Bertz CT molecular complexity index is 794. The molecule has 2 nitrogen and oxygen atoms in total. The van der Waals surface area contributed by atoms with Gasteiger partial charge in [0.25, 0.3) is 0 Å². The lowest BCUT2D eigenvalue weighted by atomic mass is 9.81. The van der Waals surface area contributed by atoms with Crippen molar-refractivity contribution in [1.82, 2.24) is 4.90 Å². The molecule has 1 fully saturated rings. The molecular weight excluding hydrogens is 418 g/mol. The Morgan fingerprint density at radius 3 is 1.97 bits per heavy atom. The molecule has 1 aliphatic heterocycles. The van der Waals surface area contributed by atoms with E-state index < -0.39 is 5.60 Å². The van der Waals surface area contributed by atoms with Gasteiger partial charge in [-0.1, -0.05) is 80.4 Å². The van der Waals surface area contributed by atoms with Gasteiger partial charge in [-0.25, -0.2) is 0 Å². The van der Waals surface area contributed by atoms with Crippen LogP contribution >= 0.6 is 23.5 Å². The Balaban J connectivity index is 1.85. The van der Waals surface area contributed by atoms with Crippen molar-refractivity contribution in [2.45, 2.75) is 49.2 Å². The van der Waals surface area contributed by atoms with Gasteiger partial charge in [0, 0.05) is 6.42 Å². The Morgan fingerprint density at radius 2 is 1.45 bits per heavy atom. The highest BCUT2D eigenvalue weighted by Crippen LogP contribution is 2.58. The molecule has 166 valence electrons. The van der Waals surface area contributed by atoms with Crippen LogP contribution in [0.1, 0.15) is 50.7 Å². The Labute approximate surface area is 197 Å². The number of aliphatic hydroxyl groups is 1. The average molecular weight is 454 g/mol. The molecule has 1 saturated heterocycles. The van der Waals surface area contributed by atoms with Gasteiger partial charge in [0.1, 0.15) is 5.60 Å². The first-order valence-electron chi connectivity index (χ1n) is 11.5. The van der Waals surface area contributed by atoms with E-state index in [0.29, 0.717) is 0 Å². The third-order valence-corrected chi connectivity index (χ3v) is 9.65. The lowest BCUT2D eigenvalue weighted by Gasteiger charge is -2.49. The lowest BCUT2D eigenvalue weighted by Crippen LogP contribution is -2.49. The molecule has 0 amide bonds. The molecule has 0 radical (unpaired) electrons. The first kappa shape index (κ1) is 24.3. The van der Waals surface area contributed by atoms with Gasteiger partial charge in [-0.3, -0.25) is 4.90 Å². The lowest BCUT2D eigenvalue weighted by molar-refractivity contribution is 0.0634. The molecule has 31 heavy (non-hydrogen) atoms. The highest BCUT2D eigenvalue weighted by molar-refractivity contribution is 8.18. The van der Waals surface area contributed by atoms with Gasteiger partial charge in [0.15, 0.2) is 0 Å². The summed E-state index contributed by atoms with van der Waals surface area (Å²) in [6.07, 6.45) is 4.00. The molecule has 2 aromatic carbocycles. The van der Waals surface area contributed by atoms with E-state index in [1.165, 1.54) is 6.42 Å². The Morgan fingerprint density at radius 1 is 0.903 bits per heavy atom. The zero-order valence-corrected chi connectivity index (χ0v) is 20.5. The molecular formula is C27H35NOS2. The molecule has 0 saturated carbocycles. The van der Waals surface area contributed by atoms with Crippen molar-refractivity contribution in [2.75, 3.05) is 31.1 Å². The minimum atomic E-state index is -1.04. The van der Waals surface area contributed by atoms with Crippen molar-refractivity contribution in [3.05, 3.63) is 71.8 Å². The van der Waals surface area contributed by atoms with E-state index in [4.69, 9.17) is 0 Å². The smallest absolute Gasteiger partial charge is 0.138 e. The summed E-state index contributed by atoms with van der Waals surface area (Å²) < 4.78 is -0.311. The van der Waals surface area contributed by atoms with Crippen molar-refractivity contribution in [2.24, 2.45) is 0 Å². The van der Waals surface area contributed by atoms with Gasteiger partial charge in [-0.05, 0) is 55.0 Å². The molecule has 0 bridgehead atoms. The van der Waals surface area contributed by atoms with Crippen LogP contribution in [0.3, 0.4) is 0 Å². The molecule has 4 heteroatoms. The fraction of sp³-hybridized carbons (Fsp3) is 0.481. The highest BCUT2D eigenvalue weighted by atomic mass is 32.2. The molecule has 0 spiro atoms. The van der Waals surface area contributed by atoms with E-state index in [0.717, 1.165) is 61.5 Å². The monoisotopic (exact) mass is 453 g/mol. The predicted molar refractivity (Wildman–Crippen MR) is 138 cm³/mol. The summed E-state index contributed by atoms with van der Waals surface area (Å²) in [5.41, 5.74) is 0.923. The predicted octanol–water partition coefficient (Wildman–Crippen LogP) is 6.00. The van der Waals surface area contributed by atoms with E-state index in [1.807, 2.05) is 59.9 Å². The quantitative estimate of drug-likeness (QED) is 0.371. The standard InChI is InChI=1S/C27H35NOS2/c1-3-28(4-2)21-14-6-5-13-20-26(30-22-15-23-31-26)27(29,24-16-9-7-10-17-24)25-18-11-8-12-19-25/h7-12,16-19,29H,3-5,13,15,20-23H2,1-2H3. The molecule has 0 aliphatic carbocycles. The van der Waals surface area contributed by atoms with Crippen molar-refractivity contribution in [1.29, 1.82) is 0 Å². The van der Waals surface area contributed by atoms with E-state index in [2.05, 4.69) is 54.9 Å². The summed E-state index contributed by atoms with van der Waals surface area (Å²) in [4.78, 5) is 2.34. The highest BCUT2D eigenvalue weighted by Gasteiger charge is 2.53. The van der Waals surface area contributed by atoms with Crippen LogP contribution in [0.4, 0.5) is 0 Å². The maximum absolute atomic E-state index is 12.5. The van der Waals surface area contributed by atoms with Crippen LogP contribution in [0, 0.1) is 11.8 Å². The second kappa shape index (κ2) is 12.0. The van der Waals surface area contributed by atoms with Crippen LogP contribution in [0.25, 0.3) is 0 Å². The topological polar surface area (TPSA) is 23.5 Å². The molecule has 1 N–H and O–H groups in total. The normalized spacial score (nSPS) is 16.0. The number of hydrogen-bond donors (Lipinski definition) is 1. The van der Waals surface area contributed by atoms with Gasteiger partial charge in [-0.15, -0.1) is 29.4 Å². The van der Waals surface area contributed by atoms with E-state index >= 15 is 0 Å². The van der Waals surface area contributed by atoms with E-state index in [-0.39, 0.29) is 4.08 Å².